The van der Waals surface area contributed by atoms with E-state index in [9.17, 15) is 0 Å². The van der Waals surface area contributed by atoms with Crippen molar-refractivity contribution < 1.29 is 4.74 Å². The van der Waals surface area contributed by atoms with Crippen LogP contribution in [0.3, 0.4) is 0 Å². The molecule has 1 aromatic heterocycles. The SMILES string of the molecule is COCc1cccc(CNCc2ncnn2C(C)C)c1. The quantitative estimate of drug-likeness (QED) is 0.841. The molecule has 0 aliphatic rings. The highest BCUT2D eigenvalue weighted by molar-refractivity contribution is 5.22. The van der Waals surface area contributed by atoms with Crippen LogP contribution in [0, 0.1) is 0 Å². The van der Waals surface area contributed by atoms with Crippen molar-refractivity contribution >= 4 is 0 Å². The van der Waals surface area contributed by atoms with E-state index in [2.05, 4.69) is 53.5 Å². The van der Waals surface area contributed by atoms with Crippen LogP contribution in [0.4, 0.5) is 0 Å². The molecule has 0 spiro atoms. The molecular formula is C15H22N4O. The summed E-state index contributed by atoms with van der Waals surface area (Å²) in [6.07, 6.45) is 1.61. The molecule has 0 fully saturated rings. The minimum absolute atomic E-state index is 0.333. The number of hydrogen-bond donors (Lipinski definition) is 1. The fourth-order valence-electron chi connectivity index (χ4n) is 2.15. The minimum atomic E-state index is 0.333. The van der Waals surface area contributed by atoms with E-state index in [0.29, 0.717) is 19.2 Å². The molecule has 0 saturated heterocycles. The average molecular weight is 274 g/mol. The van der Waals surface area contributed by atoms with Crippen molar-refractivity contribution in [1.29, 1.82) is 0 Å². The fourth-order valence-corrected chi connectivity index (χ4v) is 2.15. The Bertz CT molecular complexity index is 536. The summed E-state index contributed by atoms with van der Waals surface area (Å²) in [4.78, 5) is 4.28. The first-order valence-corrected chi connectivity index (χ1v) is 6.86. The smallest absolute Gasteiger partial charge is 0.141 e. The third-order valence-electron chi connectivity index (χ3n) is 3.05. The Morgan fingerprint density at radius 3 is 2.80 bits per heavy atom. The van der Waals surface area contributed by atoms with E-state index < -0.39 is 0 Å². The molecule has 5 heteroatoms. The highest BCUT2D eigenvalue weighted by Crippen LogP contribution is 2.08. The van der Waals surface area contributed by atoms with E-state index in [0.717, 1.165) is 12.4 Å². The molecule has 0 amide bonds. The van der Waals surface area contributed by atoms with Gasteiger partial charge in [-0.1, -0.05) is 24.3 Å². The largest absolute Gasteiger partial charge is 0.380 e. The Morgan fingerprint density at radius 2 is 2.05 bits per heavy atom. The molecule has 1 N–H and O–H groups in total. The van der Waals surface area contributed by atoms with Crippen LogP contribution < -0.4 is 5.32 Å². The Hall–Kier alpha value is -1.72. The summed E-state index contributed by atoms with van der Waals surface area (Å²) < 4.78 is 7.09. The maximum Gasteiger partial charge on any atom is 0.141 e. The zero-order valence-corrected chi connectivity index (χ0v) is 12.3. The first kappa shape index (κ1) is 14.7. The van der Waals surface area contributed by atoms with E-state index in [1.54, 1.807) is 13.4 Å². The summed E-state index contributed by atoms with van der Waals surface area (Å²) in [6, 6.07) is 8.73. The monoisotopic (exact) mass is 274 g/mol. The van der Waals surface area contributed by atoms with Gasteiger partial charge in [0.25, 0.3) is 0 Å². The number of hydrogen-bond acceptors (Lipinski definition) is 4. The standard InChI is InChI=1S/C15H22N4O/c1-12(2)19-15(17-11-18-19)9-16-8-13-5-4-6-14(7-13)10-20-3/h4-7,11-12,16H,8-10H2,1-3H3. The molecule has 0 aliphatic heterocycles. The number of benzene rings is 1. The fraction of sp³-hybridized carbons (Fsp3) is 0.467. The van der Waals surface area contributed by atoms with Crippen molar-refractivity contribution in [2.24, 2.45) is 0 Å². The second-order valence-corrected chi connectivity index (χ2v) is 5.07. The van der Waals surface area contributed by atoms with Crippen molar-refractivity contribution in [1.82, 2.24) is 20.1 Å². The van der Waals surface area contributed by atoms with Crippen LogP contribution >= 0.6 is 0 Å². The molecule has 20 heavy (non-hydrogen) atoms. The van der Waals surface area contributed by atoms with Gasteiger partial charge in [-0.05, 0) is 25.0 Å². The second-order valence-electron chi connectivity index (χ2n) is 5.07. The predicted octanol–water partition coefficient (Wildman–Crippen LogP) is 2.30. The molecule has 1 aromatic carbocycles. The average Bonchev–Trinajstić information content (AvgIpc) is 2.88. The molecule has 0 radical (unpaired) electrons. The number of nitrogens with zero attached hydrogens (tertiary/aromatic N) is 3. The molecule has 5 nitrogen and oxygen atoms in total. The van der Waals surface area contributed by atoms with Gasteiger partial charge in [0.2, 0.25) is 0 Å². The lowest BCUT2D eigenvalue weighted by Crippen LogP contribution is -2.18. The van der Waals surface area contributed by atoms with E-state index >= 15 is 0 Å². The van der Waals surface area contributed by atoms with Crippen LogP contribution in [-0.4, -0.2) is 21.9 Å². The van der Waals surface area contributed by atoms with E-state index in [1.165, 1.54) is 11.1 Å². The molecule has 0 aliphatic carbocycles. The van der Waals surface area contributed by atoms with Crippen molar-refractivity contribution in [2.75, 3.05) is 7.11 Å². The van der Waals surface area contributed by atoms with Crippen molar-refractivity contribution in [3.8, 4) is 0 Å². The molecule has 1 heterocycles. The van der Waals surface area contributed by atoms with Crippen molar-refractivity contribution in [3.63, 3.8) is 0 Å². The van der Waals surface area contributed by atoms with Crippen LogP contribution in [0.15, 0.2) is 30.6 Å². The van der Waals surface area contributed by atoms with Crippen LogP contribution in [0.25, 0.3) is 0 Å². The minimum Gasteiger partial charge on any atom is -0.380 e. The van der Waals surface area contributed by atoms with Gasteiger partial charge >= 0.3 is 0 Å². The van der Waals surface area contributed by atoms with Gasteiger partial charge in [-0.25, -0.2) is 9.67 Å². The van der Waals surface area contributed by atoms with Crippen LogP contribution in [-0.2, 0) is 24.4 Å². The third kappa shape index (κ3) is 3.88. The van der Waals surface area contributed by atoms with Crippen molar-refractivity contribution in [3.05, 3.63) is 47.5 Å². The van der Waals surface area contributed by atoms with Gasteiger partial charge in [0.1, 0.15) is 12.2 Å². The summed E-state index contributed by atoms with van der Waals surface area (Å²) in [5, 5.41) is 7.63. The summed E-state index contributed by atoms with van der Waals surface area (Å²) in [5.41, 5.74) is 2.44. The van der Waals surface area contributed by atoms with Gasteiger partial charge in [-0.3, -0.25) is 0 Å². The molecule has 2 aromatic rings. The topological polar surface area (TPSA) is 52.0 Å². The van der Waals surface area contributed by atoms with Gasteiger partial charge in [0.15, 0.2) is 0 Å². The Balaban J connectivity index is 1.89. The highest BCUT2D eigenvalue weighted by atomic mass is 16.5. The number of methoxy groups -OCH3 is 1. The third-order valence-corrected chi connectivity index (χ3v) is 3.05. The van der Waals surface area contributed by atoms with E-state index in [1.807, 2.05) is 4.68 Å². The first-order valence-electron chi connectivity index (χ1n) is 6.86. The Morgan fingerprint density at radius 1 is 1.25 bits per heavy atom. The van der Waals surface area contributed by atoms with Crippen LogP contribution in [0.5, 0.6) is 0 Å². The number of aromatic nitrogens is 3. The summed E-state index contributed by atoms with van der Waals surface area (Å²) in [6.45, 7) is 6.38. The molecular weight excluding hydrogens is 252 g/mol. The Labute approximate surface area is 120 Å². The molecule has 2 rings (SSSR count). The van der Waals surface area contributed by atoms with E-state index in [-0.39, 0.29) is 0 Å². The summed E-state index contributed by atoms with van der Waals surface area (Å²) in [5.74, 6) is 0.966. The summed E-state index contributed by atoms with van der Waals surface area (Å²) in [7, 11) is 1.71. The van der Waals surface area contributed by atoms with Gasteiger partial charge in [0, 0.05) is 19.7 Å². The lowest BCUT2D eigenvalue weighted by molar-refractivity contribution is 0.185. The van der Waals surface area contributed by atoms with Gasteiger partial charge in [0.05, 0.1) is 13.2 Å². The normalized spacial score (nSPS) is 11.2. The molecule has 0 atom stereocenters. The predicted molar refractivity (Wildman–Crippen MR) is 78.1 cm³/mol. The van der Waals surface area contributed by atoms with E-state index in [4.69, 9.17) is 4.74 Å². The number of ether oxygens (including phenoxy) is 1. The zero-order chi connectivity index (χ0) is 14.4. The molecule has 108 valence electrons. The zero-order valence-electron chi connectivity index (χ0n) is 12.3. The lowest BCUT2D eigenvalue weighted by atomic mass is 10.1. The highest BCUT2D eigenvalue weighted by Gasteiger charge is 2.06. The van der Waals surface area contributed by atoms with Crippen LogP contribution in [0.2, 0.25) is 0 Å². The first-order chi connectivity index (χ1) is 9.70. The number of rotatable bonds is 7. The maximum absolute atomic E-state index is 5.15. The van der Waals surface area contributed by atoms with Gasteiger partial charge in [-0.2, -0.15) is 5.10 Å². The van der Waals surface area contributed by atoms with Gasteiger partial charge in [-0.15, -0.1) is 0 Å². The second kappa shape index (κ2) is 7.17. The summed E-state index contributed by atoms with van der Waals surface area (Å²) >= 11 is 0. The maximum atomic E-state index is 5.15. The molecule has 0 saturated carbocycles. The lowest BCUT2D eigenvalue weighted by Gasteiger charge is -2.10. The molecule has 0 bridgehead atoms. The number of nitrogens with one attached hydrogen (secondary N) is 1. The van der Waals surface area contributed by atoms with Crippen molar-refractivity contribution in [2.45, 2.75) is 39.6 Å². The molecule has 0 unspecified atom stereocenters. The van der Waals surface area contributed by atoms with Crippen LogP contribution in [0.1, 0.15) is 36.8 Å². The van der Waals surface area contributed by atoms with Gasteiger partial charge < -0.3 is 10.1 Å². The Kier molecular flexibility index (Phi) is 5.26.